The monoisotopic (exact) mass is 338 g/mol. The third kappa shape index (κ3) is 3.55. The van der Waals surface area contributed by atoms with Gasteiger partial charge in [0, 0.05) is 38.4 Å². The first-order valence-electron chi connectivity index (χ1n) is 7.55. The van der Waals surface area contributed by atoms with Gasteiger partial charge in [0.2, 0.25) is 0 Å². The van der Waals surface area contributed by atoms with Gasteiger partial charge in [0.25, 0.3) is 0 Å². The number of alkyl halides is 3. The molecule has 128 valence electrons. The van der Waals surface area contributed by atoms with Crippen molar-refractivity contribution in [3.63, 3.8) is 0 Å². The molecule has 2 aromatic rings. The summed E-state index contributed by atoms with van der Waals surface area (Å²) in [4.78, 5) is 20.0. The molecule has 24 heavy (non-hydrogen) atoms. The van der Waals surface area contributed by atoms with E-state index >= 15 is 0 Å². The zero-order chi connectivity index (χ0) is 17.3. The van der Waals surface area contributed by atoms with Gasteiger partial charge in [-0.05, 0) is 19.9 Å². The normalized spacial score (nSPS) is 15.7. The fraction of sp³-hybridized carbons (Fsp3) is 0.467. The summed E-state index contributed by atoms with van der Waals surface area (Å²) in [7, 11) is 0. The molecular weight excluding hydrogens is 321 g/mol. The smallest absolute Gasteiger partial charge is 0.353 e. The van der Waals surface area contributed by atoms with Gasteiger partial charge in [-0.25, -0.2) is 19.9 Å². The molecule has 1 fully saturated rings. The lowest BCUT2D eigenvalue weighted by atomic mass is 10.3. The fourth-order valence-electron chi connectivity index (χ4n) is 2.64. The van der Waals surface area contributed by atoms with Crippen molar-refractivity contribution in [1.82, 2.24) is 19.9 Å². The van der Waals surface area contributed by atoms with Crippen molar-refractivity contribution >= 4 is 11.6 Å². The number of hydrogen-bond acceptors (Lipinski definition) is 6. The average molecular weight is 338 g/mol. The summed E-state index contributed by atoms with van der Waals surface area (Å²) in [6.07, 6.45) is -2.77. The molecule has 0 atom stereocenters. The van der Waals surface area contributed by atoms with E-state index in [-0.39, 0.29) is 5.82 Å². The molecule has 6 nitrogen and oxygen atoms in total. The van der Waals surface area contributed by atoms with Crippen LogP contribution in [-0.2, 0) is 6.18 Å². The summed E-state index contributed by atoms with van der Waals surface area (Å²) in [5, 5.41) is 0. The van der Waals surface area contributed by atoms with E-state index in [4.69, 9.17) is 0 Å². The minimum atomic E-state index is -4.47. The van der Waals surface area contributed by atoms with Crippen molar-refractivity contribution in [3.8, 4) is 0 Å². The number of rotatable bonds is 2. The third-order valence-corrected chi connectivity index (χ3v) is 3.80. The average Bonchev–Trinajstić information content (AvgIpc) is 2.54. The lowest BCUT2D eigenvalue weighted by Crippen LogP contribution is -2.47. The number of hydrogen-bond donors (Lipinski definition) is 0. The molecule has 0 aromatic carbocycles. The maximum Gasteiger partial charge on any atom is 0.433 e. The molecule has 3 heterocycles. The Morgan fingerprint density at radius 1 is 0.875 bits per heavy atom. The third-order valence-electron chi connectivity index (χ3n) is 3.80. The second-order valence-corrected chi connectivity index (χ2v) is 5.59. The van der Waals surface area contributed by atoms with Crippen molar-refractivity contribution in [3.05, 3.63) is 35.7 Å². The van der Waals surface area contributed by atoms with E-state index in [2.05, 4.69) is 24.8 Å². The van der Waals surface area contributed by atoms with Crippen LogP contribution in [-0.4, -0.2) is 46.1 Å². The zero-order valence-electron chi connectivity index (χ0n) is 13.4. The van der Waals surface area contributed by atoms with E-state index < -0.39 is 11.9 Å². The molecule has 1 saturated heterocycles. The van der Waals surface area contributed by atoms with Gasteiger partial charge in [0.05, 0.1) is 0 Å². The number of aryl methyl sites for hydroxylation is 2. The van der Waals surface area contributed by atoms with Gasteiger partial charge in [-0.1, -0.05) is 0 Å². The highest BCUT2D eigenvalue weighted by Gasteiger charge is 2.34. The Bertz CT molecular complexity index is 725. The predicted octanol–water partition coefficient (Wildman–Crippen LogP) is 2.23. The Morgan fingerprint density at radius 2 is 1.46 bits per heavy atom. The molecule has 0 bridgehead atoms. The first kappa shape index (κ1) is 16.4. The minimum absolute atomic E-state index is 0.119. The van der Waals surface area contributed by atoms with Crippen LogP contribution in [0.15, 0.2) is 18.3 Å². The molecule has 0 saturated carbocycles. The van der Waals surface area contributed by atoms with Crippen LogP contribution >= 0.6 is 0 Å². The number of anilines is 2. The first-order valence-corrected chi connectivity index (χ1v) is 7.55. The molecule has 0 N–H and O–H groups in total. The van der Waals surface area contributed by atoms with Crippen LogP contribution < -0.4 is 9.80 Å². The lowest BCUT2D eigenvalue weighted by molar-refractivity contribution is -0.141. The molecule has 3 rings (SSSR count). The Hall–Kier alpha value is -2.45. The number of halogens is 3. The van der Waals surface area contributed by atoms with E-state index in [0.29, 0.717) is 37.8 Å². The van der Waals surface area contributed by atoms with E-state index in [1.807, 2.05) is 17.9 Å². The van der Waals surface area contributed by atoms with Gasteiger partial charge in [0.1, 0.15) is 29.0 Å². The highest BCUT2D eigenvalue weighted by molar-refractivity contribution is 5.45. The van der Waals surface area contributed by atoms with Crippen molar-refractivity contribution in [2.75, 3.05) is 36.0 Å². The largest absolute Gasteiger partial charge is 0.433 e. The maximum atomic E-state index is 12.9. The summed E-state index contributed by atoms with van der Waals surface area (Å²) in [5.41, 5.74) is -0.904. The quantitative estimate of drug-likeness (QED) is 0.837. The van der Waals surface area contributed by atoms with Crippen molar-refractivity contribution in [1.29, 1.82) is 0 Å². The SMILES string of the molecule is Cc1nccc(N2CCN(c3cc(C(F)(F)F)nc(C)n3)CC2)n1. The lowest BCUT2D eigenvalue weighted by Gasteiger charge is -2.36. The second-order valence-electron chi connectivity index (χ2n) is 5.59. The molecule has 9 heteroatoms. The Balaban J connectivity index is 1.74. The second kappa shape index (κ2) is 6.21. The highest BCUT2D eigenvalue weighted by atomic mass is 19.4. The minimum Gasteiger partial charge on any atom is -0.353 e. The van der Waals surface area contributed by atoms with Gasteiger partial charge in [-0.2, -0.15) is 13.2 Å². The van der Waals surface area contributed by atoms with Crippen molar-refractivity contribution < 1.29 is 13.2 Å². The topological polar surface area (TPSA) is 58.0 Å². The highest BCUT2D eigenvalue weighted by Crippen LogP contribution is 2.30. The molecule has 0 aliphatic carbocycles. The summed E-state index contributed by atoms with van der Waals surface area (Å²) < 4.78 is 38.7. The van der Waals surface area contributed by atoms with E-state index in [9.17, 15) is 13.2 Å². The molecule has 0 unspecified atom stereocenters. The van der Waals surface area contributed by atoms with E-state index in [1.165, 1.54) is 6.92 Å². The van der Waals surface area contributed by atoms with Crippen LogP contribution in [0.4, 0.5) is 24.8 Å². The van der Waals surface area contributed by atoms with Gasteiger partial charge in [0.15, 0.2) is 0 Å². The molecule has 1 aliphatic rings. The molecule has 0 spiro atoms. The van der Waals surface area contributed by atoms with Crippen LogP contribution in [0.5, 0.6) is 0 Å². The van der Waals surface area contributed by atoms with E-state index in [0.717, 1.165) is 11.9 Å². The van der Waals surface area contributed by atoms with Crippen LogP contribution in [0, 0.1) is 13.8 Å². The molecule has 0 radical (unpaired) electrons. The van der Waals surface area contributed by atoms with Crippen molar-refractivity contribution in [2.24, 2.45) is 0 Å². The fourth-order valence-corrected chi connectivity index (χ4v) is 2.64. The van der Waals surface area contributed by atoms with Crippen LogP contribution in [0.25, 0.3) is 0 Å². The maximum absolute atomic E-state index is 12.9. The standard InChI is InChI=1S/C15H17F3N6/c1-10-19-4-3-13(21-10)23-5-7-24(8-6-23)14-9-12(15(16,17)18)20-11(2)22-14/h3-4,9H,5-8H2,1-2H3. The Morgan fingerprint density at radius 3 is 2.04 bits per heavy atom. The first-order chi connectivity index (χ1) is 11.3. The van der Waals surface area contributed by atoms with Crippen LogP contribution in [0.1, 0.15) is 17.3 Å². The summed E-state index contributed by atoms with van der Waals surface area (Å²) >= 11 is 0. The molecule has 0 amide bonds. The predicted molar refractivity (Wildman–Crippen MR) is 83.0 cm³/mol. The van der Waals surface area contributed by atoms with Crippen LogP contribution in [0.2, 0.25) is 0 Å². The van der Waals surface area contributed by atoms with Gasteiger partial charge >= 0.3 is 6.18 Å². The summed E-state index contributed by atoms with van der Waals surface area (Å²) in [6, 6.07) is 2.84. The summed E-state index contributed by atoms with van der Waals surface area (Å²) in [6.45, 7) is 5.73. The molecular formula is C15H17F3N6. The van der Waals surface area contributed by atoms with Crippen molar-refractivity contribution in [2.45, 2.75) is 20.0 Å². The zero-order valence-corrected chi connectivity index (χ0v) is 13.4. The molecule has 2 aromatic heterocycles. The number of piperazine rings is 1. The Labute approximate surface area is 137 Å². The Kier molecular flexibility index (Phi) is 4.25. The summed E-state index contributed by atoms with van der Waals surface area (Å²) in [5.74, 6) is 1.95. The van der Waals surface area contributed by atoms with Gasteiger partial charge < -0.3 is 9.80 Å². The van der Waals surface area contributed by atoms with E-state index in [1.54, 1.807) is 6.20 Å². The molecule has 1 aliphatic heterocycles. The number of nitrogens with zero attached hydrogens (tertiary/aromatic N) is 6. The van der Waals surface area contributed by atoms with Gasteiger partial charge in [-0.3, -0.25) is 0 Å². The van der Waals surface area contributed by atoms with Gasteiger partial charge in [-0.15, -0.1) is 0 Å². The number of aromatic nitrogens is 4. The van der Waals surface area contributed by atoms with Crippen LogP contribution in [0.3, 0.4) is 0 Å².